The summed E-state index contributed by atoms with van der Waals surface area (Å²) in [6.07, 6.45) is 1.80. The minimum absolute atomic E-state index is 0.0335. The molecule has 3 aromatic rings. The summed E-state index contributed by atoms with van der Waals surface area (Å²) in [5, 5.41) is 12.2. The lowest BCUT2D eigenvalue weighted by atomic mass is 10.0. The molecule has 1 fully saturated rings. The number of piperidine rings is 1. The highest BCUT2D eigenvalue weighted by Gasteiger charge is 2.28. The quantitative estimate of drug-likeness (QED) is 0.349. The van der Waals surface area contributed by atoms with Gasteiger partial charge >= 0.3 is 0 Å². The number of amides is 1. The van der Waals surface area contributed by atoms with Gasteiger partial charge in [0.1, 0.15) is 0 Å². The summed E-state index contributed by atoms with van der Waals surface area (Å²) in [5.74, 6) is 0.0335. The zero-order valence-electron chi connectivity index (χ0n) is 18.0. The molecule has 9 heteroatoms. The third-order valence-electron chi connectivity index (χ3n) is 5.54. The predicted octanol–water partition coefficient (Wildman–Crippen LogP) is 6.51. The maximum Gasteiger partial charge on any atom is 0.229 e. The van der Waals surface area contributed by atoms with Crippen LogP contribution in [0.4, 0.5) is 0 Å². The van der Waals surface area contributed by atoms with Crippen LogP contribution >= 0.6 is 46.5 Å². The van der Waals surface area contributed by atoms with Gasteiger partial charge in [0.25, 0.3) is 0 Å². The second kappa shape index (κ2) is 10.9. The van der Waals surface area contributed by atoms with Gasteiger partial charge in [-0.2, -0.15) is 5.26 Å². The van der Waals surface area contributed by atoms with Crippen LogP contribution in [0.25, 0.3) is 11.3 Å². The normalized spacial score (nSPS) is 14.7. The van der Waals surface area contributed by atoms with Gasteiger partial charge in [0.15, 0.2) is 4.34 Å². The summed E-state index contributed by atoms with van der Waals surface area (Å²) in [7, 11) is 0. The number of carbonyl (C=O) groups is 1. The van der Waals surface area contributed by atoms with Gasteiger partial charge in [0.2, 0.25) is 5.91 Å². The monoisotopic (exact) mass is 516 g/mol. The molecule has 1 amide bonds. The van der Waals surface area contributed by atoms with E-state index in [1.165, 1.54) is 23.3 Å². The molecular formula is C24H22Cl2N4OS2. The number of thiazole rings is 1. The van der Waals surface area contributed by atoms with Crippen molar-refractivity contribution >= 4 is 52.4 Å². The lowest BCUT2D eigenvalue weighted by molar-refractivity contribution is -0.125. The summed E-state index contributed by atoms with van der Waals surface area (Å²) in [6.45, 7) is 4.23. The van der Waals surface area contributed by atoms with Gasteiger partial charge in [-0.25, -0.2) is 4.98 Å². The van der Waals surface area contributed by atoms with Crippen molar-refractivity contribution in [3.63, 3.8) is 0 Å². The molecule has 2 heterocycles. The van der Waals surface area contributed by atoms with E-state index in [0.717, 1.165) is 53.6 Å². The number of rotatable bonds is 6. The van der Waals surface area contributed by atoms with Crippen molar-refractivity contribution in [1.82, 2.24) is 14.2 Å². The second-order valence-corrected chi connectivity index (χ2v) is 10.8. The van der Waals surface area contributed by atoms with E-state index in [4.69, 9.17) is 33.4 Å². The number of nitriles is 1. The molecule has 1 saturated heterocycles. The average molecular weight is 518 g/mol. The molecule has 5 nitrogen and oxygen atoms in total. The van der Waals surface area contributed by atoms with Crippen LogP contribution in [0, 0.1) is 11.3 Å². The van der Waals surface area contributed by atoms with Crippen LogP contribution in [0.2, 0.25) is 10.0 Å². The van der Waals surface area contributed by atoms with E-state index in [-0.39, 0.29) is 11.9 Å². The Kier molecular flexibility index (Phi) is 7.94. The molecule has 1 aliphatic rings. The van der Waals surface area contributed by atoms with Crippen molar-refractivity contribution in [2.24, 2.45) is 0 Å². The average Bonchev–Trinajstić information content (AvgIpc) is 3.29. The first kappa shape index (κ1) is 24.1. The highest BCUT2D eigenvalue weighted by Crippen LogP contribution is 2.34. The first-order chi connectivity index (χ1) is 15.9. The SMILES string of the molecule is CC(=O)N(Sc1nc(-c2cccc(C#N)c2)cs1)C1CCN(Cc2ccc(Cl)c(Cl)c2)CC1. The Morgan fingerprint density at radius 1 is 1.24 bits per heavy atom. The third kappa shape index (κ3) is 6.08. The number of hydrogen-bond donors (Lipinski definition) is 0. The van der Waals surface area contributed by atoms with E-state index in [0.29, 0.717) is 15.6 Å². The van der Waals surface area contributed by atoms with Crippen LogP contribution in [-0.4, -0.2) is 39.2 Å². The Morgan fingerprint density at radius 2 is 2.03 bits per heavy atom. The van der Waals surface area contributed by atoms with Crippen LogP contribution < -0.4 is 0 Å². The first-order valence-electron chi connectivity index (χ1n) is 10.5. The molecule has 0 spiro atoms. The van der Waals surface area contributed by atoms with Crippen molar-refractivity contribution in [2.75, 3.05) is 13.1 Å². The Labute approximate surface area is 212 Å². The van der Waals surface area contributed by atoms with Gasteiger partial charge in [0.05, 0.1) is 27.4 Å². The molecule has 4 rings (SSSR count). The number of likely N-dealkylation sites (tertiary alicyclic amines) is 1. The van der Waals surface area contributed by atoms with Crippen molar-refractivity contribution in [3.05, 3.63) is 69.0 Å². The Hall–Kier alpha value is -2.08. The van der Waals surface area contributed by atoms with Crippen LogP contribution in [-0.2, 0) is 11.3 Å². The molecule has 0 saturated carbocycles. The van der Waals surface area contributed by atoms with Gasteiger partial charge in [-0.15, -0.1) is 11.3 Å². The van der Waals surface area contributed by atoms with Gasteiger partial charge in [-0.3, -0.25) is 14.0 Å². The lowest BCUT2D eigenvalue weighted by Gasteiger charge is -2.37. The van der Waals surface area contributed by atoms with Crippen LogP contribution in [0.5, 0.6) is 0 Å². The maximum atomic E-state index is 12.5. The van der Waals surface area contributed by atoms with Crippen molar-refractivity contribution in [2.45, 2.75) is 36.7 Å². The van der Waals surface area contributed by atoms with E-state index in [2.05, 4.69) is 11.0 Å². The predicted molar refractivity (Wildman–Crippen MR) is 135 cm³/mol. The fourth-order valence-corrected chi connectivity index (χ4v) is 6.09. The molecule has 2 aromatic carbocycles. The number of hydrogen-bond acceptors (Lipinski definition) is 6. The summed E-state index contributed by atoms with van der Waals surface area (Å²) in [4.78, 5) is 19.5. The largest absolute Gasteiger partial charge is 0.299 e. The number of carbonyl (C=O) groups excluding carboxylic acids is 1. The van der Waals surface area contributed by atoms with Crippen molar-refractivity contribution in [3.8, 4) is 17.3 Å². The Morgan fingerprint density at radius 3 is 2.73 bits per heavy atom. The third-order valence-corrected chi connectivity index (χ3v) is 8.42. The zero-order chi connectivity index (χ0) is 23.4. The van der Waals surface area contributed by atoms with Gasteiger partial charge in [-0.05, 0) is 42.7 Å². The molecule has 33 heavy (non-hydrogen) atoms. The minimum atomic E-state index is 0.0335. The Balaban J connectivity index is 1.37. The highest BCUT2D eigenvalue weighted by molar-refractivity contribution is 7.99. The molecule has 1 aromatic heterocycles. The molecule has 0 radical (unpaired) electrons. The zero-order valence-corrected chi connectivity index (χ0v) is 21.1. The fraction of sp³-hybridized carbons (Fsp3) is 0.292. The smallest absolute Gasteiger partial charge is 0.229 e. The number of nitrogens with zero attached hydrogens (tertiary/aromatic N) is 4. The summed E-state index contributed by atoms with van der Waals surface area (Å²) in [6, 6.07) is 15.5. The lowest BCUT2D eigenvalue weighted by Crippen LogP contribution is -2.43. The molecule has 1 aliphatic heterocycles. The number of aromatic nitrogens is 1. The van der Waals surface area contributed by atoms with E-state index in [9.17, 15) is 4.79 Å². The summed E-state index contributed by atoms with van der Waals surface area (Å²) < 4.78 is 2.69. The van der Waals surface area contributed by atoms with E-state index in [1.54, 1.807) is 13.0 Å². The topological polar surface area (TPSA) is 60.2 Å². The van der Waals surface area contributed by atoms with Crippen LogP contribution in [0.3, 0.4) is 0 Å². The Bertz CT molecular complexity index is 1190. The molecule has 0 aliphatic carbocycles. The van der Waals surface area contributed by atoms with Crippen LogP contribution in [0.1, 0.15) is 30.9 Å². The van der Waals surface area contributed by atoms with Gasteiger partial charge in [-0.1, -0.05) is 41.4 Å². The van der Waals surface area contributed by atoms with Crippen LogP contribution in [0.15, 0.2) is 52.2 Å². The number of benzene rings is 2. The van der Waals surface area contributed by atoms with Crippen molar-refractivity contribution in [1.29, 1.82) is 5.26 Å². The molecule has 0 bridgehead atoms. The molecule has 0 unspecified atom stereocenters. The van der Waals surface area contributed by atoms with E-state index < -0.39 is 0 Å². The van der Waals surface area contributed by atoms with E-state index in [1.807, 2.05) is 46.1 Å². The second-order valence-electron chi connectivity index (χ2n) is 7.88. The molecule has 0 atom stereocenters. The summed E-state index contributed by atoms with van der Waals surface area (Å²) >= 11 is 15.1. The molecule has 170 valence electrons. The fourth-order valence-electron chi connectivity index (χ4n) is 3.87. The number of halogens is 2. The van der Waals surface area contributed by atoms with Gasteiger partial charge in [0, 0.05) is 55.5 Å². The summed E-state index contributed by atoms with van der Waals surface area (Å²) in [5.41, 5.74) is 3.46. The first-order valence-corrected chi connectivity index (χ1v) is 12.9. The van der Waals surface area contributed by atoms with E-state index >= 15 is 0 Å². The maximum absolute atomic E-state index is 12.5. The molecular weight excluding hydrogens is 495 g/mol. The van der Waals surface area contributed by atoms with Gasteiger partial charge < -0.3 is 0 Å². The molecule has 0 N–H and O–H groups in total. The standard InChI is InChI=1S/C24H22Cl2N4OS2/c1-16(31)30(33-24-28-23(15-32-24)19-4-2-3-17(11-19)13-27)20-7-9-29(10-8-20)14-18-5-6-21(25)22(26)12-18/h2-6,11-12,15,20H,7-10,14H2,1H3. The highest BCUT2D eigenvalue weighted by atomic mass is 35.5. The minimum Gasteiger partial charge on any atom is -0.299 e. The van der Waals surface area contributed by atoms with Crippen molar-refractivity contribution < 1.29 is 4.79 Å².